The van der Waals surface area contributed by atoms with Gasteiger partial charge in [-0.15, -0.1) is 0 Å². The minimum absolute atomic E-state index is 0.105. The van der Waals surface area contributed by atoms with Crippen molar-refractivity contribution in [2.45, 2.75) is 12.8 Å². The van der Waals surface area contributed by atoms with E-state index in [4.69, 9.17) is 17.3 Å². The number of nitrogen functional groups attached to an aromatic ring is 1. The van der Waals surface area contributed by atoms with Crippen LogP contribution in [0.5, 0.6) is 0 Å². The molecule has 1 aromatic heterocycles. The normalized spacial score (nSPS) is 14.6. The molecule has 110 valence electrons. The van der Waals surface area contributed by atoms with E-state index < -0.39 is 11.6 Å². The van der Waals surface area contributed by atoms with Crippen molar-refractivity contribution in [2.75, 3.05) is 12.3 Å². The van der Waals surface area contributed by atoms with Gasteiger partial charge >= 0.3 is 5.69 Å². The van der Waals surface area contributed by atoms with Crippen LogP contribution >= 0.6 is 11.6 Å². The smallest absolute Gasteiger partial charge is 0.353 e. The molecule has 21 heavy (non-hydrogen) atoms. The summed E-state index contributed by atoms with van der Waals surface area (Å²) in [6.45, 7) is -0.115. The van der Waals surface area contributed by atoms with Gasteiger partial charge < -0.3 is 15.8 Å². The topological polar surface area (TPSA) is 107 Å². The standard InChI is InChI=1S/C13H13ClN4O3/c14-8-1-2-10(9(7-8)12(20)16-4-6-19)18-5-3-11(15)17-13(18)21/h3,5-7H,1-2,4H2,(H,16,20)(H2,15,17,21). The maximum absolute atomic E-state index is 12.1. The molecule has 0 fully saturated rings. The SMILES string of the molecule is Nc1ccn(C2=C(C(=O)NCC=O)C=C(Cl)CC2)c(=O)n1. The number of carbonyl (C=O) groups is 2. The summed E-state index contributed by atoms with van der Waals surface area (Å²) in [7, 11) is 0. The number of halogens is 1. The third kappa shape index (κ3) is 3.38. The minimum Gasteiger partial charge on any atom is -0.383 e. The van der Waals surface area contributed by atoms with E-state index in [0.29, 0.717) is 29.9 Å². The van der Waals surface area contributed by atoms with E-state index in [1.165, 1.54) is 22.9 Å². The quantitative estimate of drug-likeness (QED) is 0.776. The van der Waals surface area contributed by atoms with Crippen molar-refractivity contribution >= 4 is 35.3 Å². The van der Waals surface area contributed by atoms with E-state index in [1.807, 2.05) is 0 Å². The lowest BCUT2D eigenvalue weighted by Gasteiger charge is -2.18. The average Bonchev–Trinajstić information content (AvgIpc) is 2.45. The molecule has 0 aromatic carbocycles. The Kier molecular flexibility index (Phi) is 4.54. The van der Waals surface area contributed by atoms with Crippen molar-refractivity contribution in [3.63, 3.8) is 0 Å². The van der Waals surface area contributed by atoms with Crippen LogP contribution in [0.25, 0.3) is 5.70 Å². The van der Waals surface area contributed by atoms with E-state index >= 15 is 0 Å². The van der Waals surface area contributed by atoms with Crippen molar-refractivity contribution in [1.82, 2.24) is 14.9 Å². The highest BCUT2D eigenvalue weighted by molar-refractivity contribution is 6.30. The summed E-state index contributed by atoms with van der Waals surface area (Å²) in [5.41, 5.74) is 5.59. The highest BCUT2D eigenvalue weighted by Gasteiger charge is 2.20. The molecule has 0 radical (unpaired) electrons. The van der Waals surface area contributed by atoms with Gasteiger partial charge in [-0.1, -0.05) is 11.6 Å². The van der Waals surface area contributed by atoms with Gasteiger partial charge in [0.2, 0.25) is 0 Å². The zero-order valence-electron chi connectivity index (χ0n) is 11.0. The zero-order valence-corrected chi connectivity index (χ0v) is 11.8. The largest absolute Gasteiger partial charge is 0.383 e. The van der Waals surface area contributed by atoms with Crippen molar-refractivity contribution < 1.29 is 9.59 Å². The maximum atomic E-state index is 12.1. The average molecular weight is 309 g/mol. The number of rotatable bonds is 4. The van der Waals surface area contributed by atoms with Crippen LogP contribution in [0.2, 0.25) is 0 Å². The van der Waals surface area contributed by atoms with E-state index in [1.54, 1.807) is 0 Å². The lowest BCUT2D eigenvalue weighted by Crippen LogP contribution is -2.30. The number of nitrogens with two attached hydrogens (primary N) is 1. The third-order valence-electron chi connectivity index (χ3n) is 2.92. The van der Waals surface area contributed by atoms with E-state index in [-0.39, 0.29) is 17.9 Å². The number of hydrogen-bond donors (Lipinski definition) is 2. The zero-order chi connectivity index (χ0) is 15.4. The Labute approximate surface area is 125 Å². The summed E-state index contributed by atoms with van der Waals surface area (Å²) in [6, 6.07) is 1.47. The predicted octanol–water partition coefficient (Wildman–Crippen LogP) is 0.268. The molecular weight excluding hydrogens is 296 g/mol. The highest BCUT2D eigenvalue weighted by Crippen LogP contribution is 2.28. The number of carbonyl (C=O) groups excluding carboxylic acids is 2. The number of aldehydes is 1. The van der Waals surface area contributed by atoms with Gasteiger partial charge in [-0.2, -0.15) is 4.98 Å². The molecule has 0 saturated heterocycles. The Bertz CT molecular complexity index is 706. The Morgan fingerprint density at radius 3 is 2.95 bits per heavy atom. The second kappa shape index (κ2) is 6.36. The molecule has 7 nitrogen and oxygen atoms in total. The predicted molar refractivity (Wildman–Crippen MR) is 78.4 cm³/mol. The van der Waals surface area contributed by atoms with Gasteiger partial charge in [0.1, 0.15) is 12.1 Å². The molecule has 1 heterocycles. The van der Waals surface area contributed by atoms with Crippen LogP contribution in [0, 0.1) is 0 Å². The lowest BCUT2D eigenvalue weighted by atomic mass is 10.0. The number of hydrogen-bond acceptors (Lipinski definition) is 5. The third-order valence-corrected chi connectivity index (χ3v) is 3.22. The fraction of sp³-hybridized carbons (Fsp3) is 0.231. The molecule has 8 heteroatoms. The first-order valence-corrected chi connectivity index (χ1v) is 6.57. The molecule has 0 saturated carbocycles. The monoisotopic (exact) mass is 308 g/mol. The molecule has 0 spiro atoms. The summed E-state index contributed by atoms with van der Waals surface area (Å²) in [5, 5.41) is 2.93. The Morgan fingerprint density at radius 1 is 1.52 bits per heavy atom. The van der Waals surface area contributed by atoms with Crippen LogP contribution in [0.3, 0.4) is 0 Å². The summed E-state index contributed by atoms with van der Waals surface area (Å²) in [4.78, 5) is 38.0. The summed E-state index contributed by atoms with van der Waals surface area (Å²) in [6.07, 6.45) is 4.44. The second-order valence-electron chi connectivity index (χ2n) is 4.33. The molecule has 0 bridgehead atoms. The molecule has 1 aliphatic carbocycles. The highest BCUT2D eigenvalue weighted by atomic mass is 35.5. The Hall–Kier alpha value is -2.41. The van der Waals surface area contributed by atoms with Crippen molar-refractivity contribution in [3.8, 4) is 0 Å². The lowest BCUT2D eigenvalue weighted by molar-refractivity contribution is -0.119. The fourth-order valence-corrected chi connectivity index (χ4v) is 2.19. The maximum Gasteiger partial charge on any atom is 0.353 e. The van der Waals surface area contributed by atoms with Gasteiger partial charge in [-0.25, -0.2) is 4.79 Å². The Balaban J connectivity index is 2.51. The summed E-state index contributed by atoms with van der Waals surface area (Å²) >= 11 is 5.96. The molecule has 0 atom stereocenters. The molecule has 1 aromatic rings. The number of aromatic nitrogens is 2. The first-order chi connectivity index (χ1) is 10.0. The van der Waals surface area contributed by atoms with Gasteiger partial charge in [-0.3, -0.25) is 9.36 Å². The minimum atomic E-state index is -0.572. The van der Waals surface area contributed by atoms with Gasteiger partial charge in [0, 0.05) is 16.9 Å². The number of anilines is 1. The first-order valence-electron chi connectivity index (χ1n) is 6.19. The van der Waals surface area contributed by atoms with Crippen molar-refractivity contribution in [1.29, 1.82) is 0 Å². The second-order valence-corrected chi connectivity index (χ2v) is 4.82. The number of allylic oxidation sites excluding steroid dienone is 2. The van der Waals surface area contributed by atoms with Gasteiger partial charge in [0.15, 0.2) is 0 Å². The number of nitrogens with one attached hydrogen (secondary N) is 1. The van der Waals surface area contributed by atoms with Gasteiger partial charge in [0.05, 0.1) is 12.1 Å². The van der Waals surface area contributed by atoms with Crippen LogP contribution in [0.15, 0.2) is 33.7 Å². The number of nitrogens with zero attached hydrogens (tertiary/aromatic N) is 2. The number of amides is 1. The van der Waals surface area contributed by atoms with Gasteiger partial charge in [0.25, 0.3) is 5.91 Å². The summed E-state index contributed by atoms with van der Waals surface area (Å²) < 4.78 is 1.26. The fourth-order valence-electron chi connectivity index (χ4n) is 1.98. The molecule has 3 N–H and O–H groups in total. The molecule has 2 rings (SSSR count). The van der Waals surface area contributed by atoms with E-state index in [0.717, 1.165) is 0 Å². The van der Waals surface area contributed by atoms with Crippen LogP contribution in [-0.2, 0) is 9.59 Å². The van der Waals surface area contributed by atoms with Crippen LogP contribution in [0.4, 0.5) is 5.82 Å². The van der Waals surface area contributed by atoms with Gasteiger partial charge in [-0.05, 0) is 25.0 Å². The summed E-state index contributed by atoms with van der Waals surface area (Å²) in [5.74, 6) is -0.369. The first kappa shape index (κ1) is 15.0. The van der Waals surface area contributed by atoms with E-state index in [9.17, 15) is 14.4 Å². The van der Waals surface area contributed by atoms with E-state index in [2.05, 4.69) is 10.3 Å². The Morgan fingerprint density at radius 2 is 2.29 bits per heavy atom. The van der Waals surface area contributed by atoms with Crippen LogP contribution < -0.4 is 16.7 Å². The molecule has 1 amide bonds. The molecular formula is C13H13ClN4O3. The van der Waals surface area contributed by atoms with Crippen LogP contribution in [0.1, 0.15) is 12.8 Å². The van der Waals surface area contributed by atoms with Crippen molar-refractivity contribution in [3.05, 3.63) is 39.4 Å². The van der Waals surface area contributed by atoms with Crippen LogP contribution in [-0.4, -0.2) is 28.3 Å². The van der Waals surface area contributed by atoms with Crippen molar-refractivity contribution in [2.24, 2.45) is 0 Å². The molecule has 1 aliphatic rings. The molecule has 0 unspecified atom stereocenters. The molecule has 0 aliphatic heterocycles.